The molecule has 0 bridgehead atoms. The van der Waals surface area contributed by atoms with E-state index >= 15 is 0 Å². The van der Waals surface area contributed by atoms with Gasteiger partial charge in [0.25, 0.3) is 11.8 Å². The molecule has 6 nitrogen and oxygen atoms in total. The molecule has 0 spiro atoms. The van der Waals surface area contributed by atoms with E-state index in [0.717, 1.165) is 22.9 Å². The molecule has 1 atom stereocenters. The summed E-state index contributed by atoms with van der Waals surface area (Å²) in [6.45, 7) is 0. The van der Waals surface area contributed by atoms with Gasteiger partial charge in [0, 0.05) is 34.4 Å². The Morgan fingerprint density at radius 3 is 2.51 bits per heavy atom. The van der Waals surface area contributed by atoms with Crippen LogP contribution in [0, 0.1) is 17.6 Å². The van der Waals surface area contributed by atoms with E-state index in [2.05, 4.69) is 15.7 Å². The summed E-state index contributed by atoms with van der Waals surface area (Å²) in [5.41, 5.74) is -2.34. The molecule has 5 rings (SSSR count). The number of rotatable bonds is 3. The van der Waals surface area contributed by atoms with Gasteiger partial charge in [0.2, 0.25) is 5.95 Å². The lowest BCUT2D eigenvalue weighted by atomic mass is 9.94. The van der Waals surface area contributed by atoms with E-state index in [1.807, 2.05) is 0 Å². The van der Waals surface area contributed by atoms with Gasteiger partial charge in [-0.25, -0.2) is 13.5 Å². The zero-order valence-electron chi connectivity index (χ0n) is 18.5. The van der Waals surface area contributed by atoms with E-state index in [4.69, 9.17) is 11.6 Å². The normalized spacial score (nSPS) is 15.1. The molecule has 4 aromatic rings. The molecule has 0 fully saturated rings. The molecule has 190 valence electrons. The second-order valence-corrected chi connectivity index (χ2v) is 8.68. The molecular weight excluding hydrogens is 526 g/mol. The van der Waals surface area contributed by atoms with Crippen LogP contribution in [0.2, 0.25) is 5.02 Å². The van der Waals surface area contributed by atoms with Gasteiger partial charge < -0.3 is 10.6 Å². The molecule has 1 aliphatic rings. The van der Waals surface area contributed by atoms with Gasteiger partial charge in [-0.1, -0.05) is 11.6 Å². The smallest absolute Gasteiger partial charge is 0.341 e. The Hall–Kier alpha value is -4.06. The number of aromatic nitrogens is 2. The van der Waals surface area contributed by atoms with Crippen molar-refractivity contribution in [3.8, 4) is 0 Å². The molecule has 37 heavy (non-hydrogen) atoms. The Morgan fingerprint density at radius 2 is 1.81 bits per heavy atom. The third kappa shape index (κ3) is 4.16. The van der Waals surface area contributed by atoms with E-state index in [9.17, 15) is 35.9 Å². The molecule has 3 aromatic carbocycles. The summed E-state index contributed by atoms with van der Waals surface area (Å²) >= 11 is 6.24. The van der Waals surface area contributed by atoms with Gasteiger partial charge in [0.05, 0.1) is 22.6 Å². The van der Waals surface area contributed by atoms with Crippen molar-refractivity contribution >= 4 is 40.0 Å². The lowest BCUT2D eigenvalue weighted by Crippen LogP contribution is -2.21. The van der Waals surface area contributed by atoms with Crippen LogP contribution in [0.1, 0.15) is 43.4 Å². The Morgan fingerprint density at radius 1 is 1.08 bits per heavy atom. The number of aryl methyl sites for hydroxylation is 1. The maximum atomic E-state index is 14.8. The number of alkyl halides is 3. The SMILES string of the molecule is Cn1nc2c3c(c(NC(=O)c4cc(F)cc(C(F)(F)F)c4)cc2c1F)C(c1cc(F)ccc1Cl)NC3=O. The van der Waals surface area contributed by atoms with Crippen molar-refractivity contribution in [3.05, 3.63) is 92.9 Å². The number of hydrogen-bond donors (Lipinski definition) is 2. The highest BCUT2D eigenvalue weighted by molar-refractivity contribution is 6.31. The third-order valence-electron chi connectivity index (χ3n) is 5.89. The number of benzene rings is 3. The fraction of sp³-hybridized carbons (Fsp3) is 0.125. The summed E-state index contributed by atoms with van der Waals surface area (Å²) in [6.07, 6.45) is -4.92. The molecule has 1 unspecified atom stereocenters. The van der Waals surface area contributed by atoms with Crippen molar-refractivity contribution in [1.29, 1.82) is 0 Å². The molecule has 0 aliphatic carbocycles. The number of anilines is 1. The van der Waals surface area contributed by atoms with Crippen LogP contribution in [0.3, 0.4) is 0 Å². The maximum Gasteiger partial charge on any atom is 0.416 e. The standard InChI is InChI=1S/C24H13ClF6N4O2/c1-35-21(28)14-8-16(32-22(36)9-4-10(24(29,30)31)6-12(27)5-9)17-18(20(14)34-35)23(37)33-19(17)13-7-11(26)2-3-15(13)25/h2-8,19H,1H3,(H,32,36)(H,33,37). The molecule has 1 aliphatic heterocycles. The number of amides is 2. The summed E-state index contributed by atoms with van der Waals surface area (Å²) in [6, 6.07) is 4.68. The minimum Gasteiger partial charge on any atom is -0.341 e. The minimum absolute atomic E-state index is 0.0314. The van der Waals surface area contributed by atoms with Crippen LogP contribution >= 0.6 is 11.6 Å². The third-order valence-corrected chi connectivity index (χ3v) is 6.24. The van der Waals surface area contributed by atoms with Crippen molar-refractivity contribution in [2.24, 2.45) is 7.05 Å². The minimum atomic E-state index is -4.92. The van der Waals surface area contributed by atoms with E-state index < -0.39 is 52.7 Å². The van der Waals surface area contributed by atoms with Crippen molar-refractivity contribution < 1.29 is 35.9 Å². The van der Waals surface area contributed by atoms with Crippen LogP contribution < -0.4 is 10.6 Å². The average molecular weight is 539 g/mol. The van der Waals surface area contributed by atoms with E-state index in [1.165, 1.54) is 13.1 Å². The van der Waals surface area contributed by atoms with Crippen molar-refractivity contribution in [3.63, 3.8) is 0 Å². The van der Waals surface area contributed by atoms with Gasteiger partial charge in [-0.2, -0.15) is 22.7 Å². The zero-order valence-corrected chi connectivity index (χ0v) is 19.2. The quantitative estimate of drug-likeness (QED) is 0.326. The fourth-order valence-corrected chi connectivity index (χ4v) is 4.50. The van der Waals surface area contributed by atoms with Crippen LogP contribution in [0.25, 0.3) is 10.9 Å². The first kappa shape index (κ1) is 24.6. The lowest BCUT2D eigenvalue weighted by Gasteiger charge is -2.18. The number of halogens is 7. The first-order valence-electron chi connectivity index (χ1n) is 10.5. The van der Waals surface area contributed by atoms with E-state index in [-0.39, 0.29) is 44.4 Å². The molecule has 0 saturated carbocycles. The molecule has 2 heterocycles. The van der Waals surface area contributed by atoms with Crippen molar-refractivity contribution in [2.75, 3.05) is 5.32 Å². The van der Waals surface area contributed by atoms with E-state index in [1.54, 1.807) is 0 Å². The predicted molar refractivity (Wildman–Crippen MR) is 121 cm³/mol. The van der Waals surface area contributed by atoms with Crippen LogP contribution in [0.5, 0.6) is 0 Å². The van der Waals surface area contributed by atoms with Crippen LogP contribution in [0.15, 0.2) is 42.5 Å². The van der Waals surface area contributed by atoms with Gasteiger partial charge in [-0.15, -0.1) is 0 Å². The molecule has 1 aromatic heterocycles. The molecule has 2 N–H and O–H groups in total. The van der Waals surface area contributed by atoms with Crippen LogP contribution in [0.4, 0.5) is 32.0 Å². The van der Waals surface area contributed by atoms with Gasteiger partial charge in [-0.3, -0.25) is 9.59 Å². The molecule has 0 radical (unpaired) electrons. The molecule has 0 saturated heterocycles. The van der Waals surface area contributed by atoms with Crippen molar-refractivity contribution in [2.45, 2.75) is 12.2 Å². The highest BCUT2D eigenvalue weighted by Gasteiger charge is 2.38. The topological polar surface area (TPSA) is 76.0 Å². The molecule has 13 heteroatoms. The predicted octanol–water partition coefficient (Wildman–Crippen LogP) is 5.75. The zero-order chi connectivity index (χ0) is 26.8. The maximum absolute atomic E-state index is 14.8. The fourth-order valence-electron chi connectivity index (χ4n) is 4.27. The molecule has 2 amide bonds. The first-order valence-corrected chi connectivity index (χ1v) is 10.9. The number of carbonyl (C=O) groups is 2. The summed E-state index contributed by atoms with van der Waals surface area (Å²) < 4.78 is 83.1. The van der Waals surface area contributed by atoms with Gasteiger partial charge in [-0.05, 0) is 42.5 Å². The highest BCUT2D eigenvalue weighted by atomic mass is 35.5. The van der Waals surface area contributed by atoms with Crippen LogP contribution in [-0.4, -0.2) is 21.6 Å². The summed E-state index contributed by atoms with van der Waals surface area (Å²) in [5, 5.41) is 8.84. The average Bonchev–Trinajstić information content (AvgIpc) is 3.31. The Bertz CT molecular complexity index is 1630. The Labute approximate surface area is 208 Å². The highest BCUT2D eigenvalue weighted by Crippen LogP contribution is 2.43. The van der Waals surface area contributed by atoms with Gasteiger partial charge in [0.1, 0.15) is 17.2 Å². The number of nitrogens with zero attached hydrogens (tertiary/aromatic N) is 2. The first-order chi connectivity index (χ1) is 17.3. The largest absolute Gasteiger partial charge is 0.416 e. The van der Waals surface area contributed by atoms with E-state index in [0.29, 0.717) is 12.1 Å². The van der Waals surface area contributed by atoms with Gasteiger partial charge >= 0.3 is 6.18 Å². The Kier molecular flexibility index (Phi) is 5.66. The second kappa shape index (κ2) is 8.51. The second-order valence-electron chi connectivity index (χ2n) is 8.28. The number of hydrogen-bond acceptors (Lipinski definition) is 3. The van der Waals surface area contributed by atoms with Gasteiger partial charge in [0.15, 0.2) is 0 Å². The summed E-state index contributed by atoms with van der Waals surface area (Å²) in [7, 11) is 1.28. The molecular formula is C24H13ClF6N4O2. The number of carbonyl (C=O) groups excluding carboxylic acids is 2. The van der Waals surface area contributed by atoms with Crippen LogP contribution in [-0.2, 0) is 13.2 Å². The Balaban J connectivity index is 1.70. The summed E-state index contributed by atoms with van der Waals surface area (Å²) in [4.78, 5) is 25.9. The lowest BCUT2D eigenvalue weighted by molar-refractivity contribution is -0.137. The number of fused-ring (bicyclic) bond motifs is 3. The van der Waals surface area contributed by atoms with Crippen molar-refractivity contribution in [1.82, 2.24) is 15.1 Å². The summed E-state index contributed by atoms with van der Waals surface area (Å²) in [5.74, 6) is -4.75. The monoisotopic (exact) mass is 538 g/mol. The number of nitrogens with one attached hydrogen (secondary N) is 2.